The lowest BCUT2D eigenvalue weighted by Crippen LogP contribution is -2.64. The first-order valence-corrected chi connectivity index (χ1v) is 7.79. The summed E-state index contributed by atoms with van der Waals surface area (Å²) >= 11 is 1.80. The molecule has 1 saturated heterocycles. The molecule has 0 aliphatic carbocycles. The van der Waals surface area contributed by atoms with Gasteiger partial charge in [-0.25, -0.2) is 4.98 Å². The summed E-state index contributed by atoms with van der Waals surface area (Å²) in [6, 6.07) is 10.3. The first kappa shape index (κ1) is 12.9. The maximum atomic E-state index is 4.82. The minimum atomic E-state index is 0.465. The maximum absolute atomic E-state index is 4.82. The molecule has 2 heterocycles. The van der Waals surface area contributed by atoms with Crippen LogP contribution < -0.4 is 10.2 Å². The van der Waals surface area contributed by atoms with Gasteiger partial charge >= 0.3 is 0 Å². The average molecular weight is 275 g/mol. The summed E-state index contributed by atoms with van der Waals surface area (Å²) in [6.07, 6.45) is 0. The Morgan fingerprint density at radius 1 is 1.05 bits per heavy atom. The van der Waals surface area contributed by atoms with Gasteiger partial charge in [0, 0.05) is 24.2 Å². The second-order valence-corrected chi connectivity index (χ2v) is 6.61. The fraction of sp³-hybridized carbons (Fsp3) is 0.533. The second-order valence-electron chi connectivity index (χ2n) is 5.60. The maximum Gasteiger partial charge on any atom is 0.187 e. The number of nitrogens with one attached hydrogen (secondary N) is 1. The van der Waals surface area contributed by atoms with Gasteiger partial charge in [-0.15, -0.1) is 0 Å². The second kappa shape index (κ2) is 4.76. The minimum absolute atomic E-state index is 0.465. The van der Waals surface area contributed by atoms with Crippen LogP contribution in [0.25, 0.3) is 10.2 Å². The summed E-state index contributed by atoms with van der Waals surface area (Å²) in [5, 5.41) is 4.80. The molecule has 1 aromatic carbocycles. The highest BCUT2D eigenvalue weighted by Gasteiger charge is 2.35. The molecule has 1 fully saturated rings. The van der Waals surface area contributed by atoms with Crippen LogP contribution in [0.1, 0.15) is 27.7 Å². The number of para-hydroxylation sites is 1. The molecule has 1 aromatic heterocycles. The number of anilines is 1. The summed E-state index contributed by atoms with van der Waals surface area (Å²) in [4.78, 5) is 7.31. The normalized spacial score (nSPS) is 31.9. The van der Waals surface area contributed by atoms with E-state index in [9.17, 15) is 0 Å². The topological polar surface area (TPSA) is 28.2 Å². The van der Waals surface area contributed by atoms with Gasteiger partial charge in [0.05, 0.1) is 10.2 Å². The van der Waals surface area contributed by atoms with Gasteiger partial charge in [0.2, 0.25) is 0 Å². The lowest BCUT2D eigenvalue weighted by molar-refractivity contribution is 0.294. The number of hydrogen-bond donors (Lipinski definition) is 1. The lowest BCUT2D eigenvalue weighted by atomic mass is 9.98. The molecule has 4 heteroatoms. The molecule has 1 N–H and O–H groups in total. The molecule has 19 heavy (non-hydrogen) atoms. The van der Waals surface area contributed by atoms with Gasteiger partial charge in [0.1, 0.15) is 0 Å². The smallest absolute Gasteiger partial charge is 0.187 e. The van der Waals surface area contributed by atoms with Gasteiger partial charge in [-0.2, -0.15) is 0 Å². The van der Waals surface area contributed by atoms with Gasteiger partial charge in [-0.05, 0) is 39.8 Å². The first-order chi connectivity index (χ1) is 9.08. The molecule has 4 unspecified atom stereocenters. The van der Waals surface area contributed by atoms with Gasteiger partial charge in [0.15, 0.2) is 5.13 Å². The number of aromatic nitrogens is 1. The summed E-state index contributed by atoms with van der Waals surface area (Å²) in [7, 11) is 0. The van der Waals surface area contributed by atoms with Crippen LogP contribution in [0.4, 0.5) is 5.13 Å². The van der Waals surface area contributed by atoms with E-state index < -0.39 is 0 Å². The van der Waals surface area contributed by atoms with Gasteiger partial charge < -0.3 is 10.2 Å². The van der Waals surface area contributed by atoms with Crippen molar-refractivity contribution in [3.05, 3.63) is 24.3 Å². The van der Waals surface area contributed by atoms with Crippen molar-refractivity contribution in [1.29, 1.82) is 0 Å². The molecule has 3 nitrogen and oxygen atoms in total. The number of hydrogen-bond acceptors (Lipinski definition) is 4. The van der Waals surface area contributed by atoms with Crippen LogP contribution in [0.5, 0.6) is 0 Å². The van der Waals surface area contributed by atoms with E-state index in [0.29, 0.717) is 24.2 Å². The molecule has 3 rings (SSSR count). The summed E-state index contributed by atoms with van der Waals surface area (Å²) in [6.45, 7) is 9.08. The van der Waals surface area contributed by atoms with Crippen molar-refractivity contribution >= 4 is 26.7 Å². The predicted octanol–water partition coefficient (Wildman–Crippen LogP) is 3.26. The first-order valence-electron chi connectivity index (χ1n) is 6.98. The van der Waals surface area contributed by atoms with Gasteiger partial charge in [-0.3, -0.25) is 0 Å². The van der Waals surface area contributed by atoms with E-state index in [1.54, 1.807) is 11.3 Å². The fourth-order valence-corrected chi connectivity index (χ4v) is 4.01. The predicted molar refractivity (Wildman–Crippen MR) is 83.1 cm³/mol. The molecule has 0 spiro atoms. The monoisotopic (exact) mass is 275 g/mol. The summed E-state index contributed by atoms with van der Waals surface area (Å²) < 4.78 is 1.27. The van der Waals surface area contributed by atoms with Crippen molar-refractivity contribution in [2.24, 2.45) is 0 Å². The average Bonchev–Trinajstić information content (AvgIpc) is 2.80. The molecule has 1 aliphatic heterocycles. The Labute approximate surface area is 118 Å². The van der Waals surface area contributed by atoms with E-state index in [1.807, 2.05) is 0 Å². The quantitative estimate of drug-likeness (QED) is 0.866. The zero-order chi connectivity index (χ0) is 13.6. The lowest BCUT2D eigenvalue weighted by Gasteiger charge is -2.46. The molecule has 0 bridgehead atoms. The van der Waals surface area contributed by atoms with Crippen LogP contribution in [-0.4, -0.2) is 29.2 Å². The highest BCUT2D eigenvalue weighted by molar-refractivity contribution is 7.22. The number of piperazine rings is 1. The van der Waals surface area contributed by atoms with Crippen molar-refractivity contribution in [1.82, 2.24) is 10.3 Å². The van der Waals surface area contributed by atoms with Crippen LogP contribution in [0.3, 0.4) is 0 Å². The summed E-state index contributed by atoms with van der Waals surface area (Å²) in [5.74, 6) is 0. The molecule has 4 atom stereocenters. The van der Waals surface area contributed by atoms with E-state index >= 15 is 0 Å². The highest BCUT2D eigenvalue weighted by atomic mass is 32.1. The Kier molecular flexibility index (Phi) is 3.23. The SMILES string of the molecule is CC1NC(C)C(C)N(c2nc3ccccc3s2)C1C. The molecule has 0 saturated carbocycles. The van der Waals surface area contributed by atoms with Gasteiger partial charge in [0.25, 0.3) is 0 Å². The molecule has 1 aliphatic rings. The van der Waals surface area contributed by atoms with Crippen LogP contribution in [0.2, 0.25) is 0 Å². The summed E-state index contributed by atoms with van der Waals surface area (Å²) in [5.41, 5.74) is 1.11. The third-order valence-electron chi connectivity index (χ3n) is 4.35. The molecule has 0 radical (unpaired) electrons. The van der Waals surface area contributed by atoms with Crippen LogP contribution in [0, 0.1) is 0 Å². The van der Waals surface area contributed by atoms with Crippen molar-refractivity contribution in [3.63, 3.8) is 0 Å². The zero-order valence-electron chi connectivity index (χ0n) is 11.9. The zero-order valence-corrected chi connectivity index (χ0v) is 12.7. The number of fused-ring (bicyclic) bond motifs is 1. The standard InChI is InChI=1S/C15H21N3S/c1-9-11(3)18(12(4)10(2)16-9)15-17-13-7-5-6-8-14(13)19-15/h5-12,16H,1-4H3. The largest absolute Gasteiger partial charge is 0.340 e. The third-order valence-corrected chi connectivity index (χ3v) is 5.40. The van der Waals surface area contributed by atoms with Crippen molar-refractivity contribution in [3.8, 4) is 0 Å². The van der Waals surface area contributed by atoms with E-state index in [0.717, 1.165) is 10.6 Å². The Morgan fingerprint density at radius 3 is 2.32 bits per heavy atom. The van der Waals surface area contributed by atoms with Crippen molar-refractivity contribution in [2.75, 3.05) is 4.90 Å². The Balaban J connectivity index is 2.02. The molecular weight excluding hydrogens is 254 g/mol. The van der Waals surface area contributed by atoms with Crippen molar-refractivity contribution < 1.29 is 0 Å². The molecule has 2 aromatic rings. The Bertz CT molecular complexity index is 533. The number of thiazole rings is 1. The Hall–Kier alpha value is -1.13. The molecular formula is C15H21N3S. The minimum Gasteiger partial charge on any atom is -0.340 e. The van der Waals surface area contributed by atoms with Crippen LogP contribution in [0.15, 0.2) is 24.3 Å². The molecule has 102 valence electrons. The van der Waals surface area contributed by atoms with Crippen LogP contribution >= 0.6 is 11.3 Å². The fourth-order valence-electron chi connectivity index (χ4n) is 2.86. The highest BCUT2D eigenvalue weighted by Crippen LogP contribution is 2.33. The van der Waals surface area contributed by atoms with E-state index in [-0.39, 0.29) is 0 Å². The Morgan fingerprint density at radius 2 is 1.68 bits per heavy atom. The van der Waals surface area contributed by atoms with Gasteiger partial charge in [-0.1, -0.05) is 23.5 Å². The molecule has 0 amide bonds. The van der Waals surface area contributed by atoms with Crippen LogP contribution in [-0.2, 0) is 0 Å². The van der Waals surface area contributed by atoms with E-state index in [1.165, 1.54) is 4.70 Å². The van der Waals surface area contributed by atoms with E-state index in [2.05, 4.69) is 62.2 Å². The van der Waals surface area contributed by atoms with E-state index in [4.69, 9.17) is 4.98 Å². The number of nitrogens with zero attached hydrogens (tertiary/aromatic N) is 2. The number of rotatable bonds is 1. The number of benzene rings is 1. The third kappa shape index (κ3) is 2.13. The van der Waals surface area contributed by atoms with Crippen molar-refractivity contribution in [2.45, 2.75) is 51.9 Å².